The van der Waals surface area contributed by atoms with Crippen LogP contribution < -0.4 is 5.32 Å². The van der Waals surface area contributed by atoms with Gasteiger partial charge in [-0.15, -0.1) is 0 Å². The van der Waals surface area contributed by atoms with E-state index < -0.39 is 32.5 Å². The summed E-state index contributed by atoms with van der Waals surface area (Å²) in [6.07, 6.45) is 1.90. The van der Waals surface area contributed by atoms with Gasteiger partial charge in [0.1, 0.15) is 5.82 Å². The van der Waals surface area contributed by atoms with E-state index in [2.05, 4.69) is 15.3 Å². The fourth-order valence-electron chi connectivity index (χ4n) is 2.56. The van der Waals surface area contributed by atoms with Gasteiger partial charge in [0, 0.05) is 11.3 Å². The molecule has 9 heteroatoms. The highest BCUT2D eigenvalue weighted by Crippen LogP contribution is 2.20. The Bertz CT molecular complexity index is 1150. The number of carbonyl (C=O) groups is 1. The largest absolute Gasteiger partial charge is 0.321 e. The summed E-state index contributed by atoms with van der Waals surface area (Å²) in [6, 6.07) is 12.7. The van der Waals surface area contributed by atoms with E-state index in [1.165, 1.54) is 18.2 Å². The topological polar surface area (TPSA) is 89.0 Å². The second-order valence-corrected chi connectivity index (χ2v) is 8.49. The minimum atomic E-state index is -4.09. The predicted molar refractivity (Wildman–Crippen MR) is 108 cm³/mol. The zero-order valence-electron chi connectivity index (χ0n) is 15.4. The van der Waals surface area contributed by atoms with Crippen molar-refractivity contribution in [3.8, 4) is 0 Å². The maximum Gasteiger partial charge on any atom is 0.275 e. The molecular weight excluding hydrogens is 417 g/mol. The number of sulfone groups is 1. The molecule has 2 aromatic carbocycles. The molecule has 0 bridgehead atoms. The molecule has 0 radical (unpaired) electrons. The smallest absolute Gasteiger partial charge is 0.275 e. The molecule has 3 rings (SSSR count). The molecule has 1 N–H and O–H groups in total. The third-order valence-electron chi connectivity index (χ3n) is 4.14. The molecule has 0 aliphatic heterocycles. The zero-order valence-corrected chi connectivity index (χ0v) is 17.0. The number of aromatic nitrogens is 2. The normalized spacial score (nSPS) is 11.3. The second-order valence-electron chi connectivity index (χ2n) is 6.20. The number of aryl methyl sites for hydroxylation is 1. The van der Waals surface area contributed by atoms with Crippen LogP contribution in [0.25, 0.3) is 0 Å². The number of benzene rings is 2. The van der Waals surface area contributed by atoms with Gasteiger partial charge in [0.2, 0.25) is 15.0 Å². The lowest BCUT2D eigenvalue weighted by molar-refractivity contribution is 0.102. The van der Waals surface area contributed by atoms with Crippen molar-refractivity contribution in [2.75, 3.05) is 5.32 Å². The van der Waals surface area contributed by atoms with Crippen molar-refractivity contribution in [1.29, 1.82) is 0 Å². The first-order valence-corrected chi connectivity index (χ1v) is 10.7. The molecule has 150 valence electrons. The number of anilines is 1. The van der Waals surface area contributed by atoms with Crippen LogP contribution in [0.1, 0.15) is 28.5 Å². The van der Waals surface area contributed by atoms with Crippen LogP contribution in [-0.2, 0) is 22.0 Å². The molecule has 0 unspecified atom stereocenters. The van der Waals surface area contributed by atoms with Crippen molar-refractivity contribution in [2.45, 2.75) is 24.3 Å². The number of nitrogens with zero attached hydrogens (tertiary/aromatic N) is 2. The Morgan fingerprint density at radius 3 is 2.48 bits per heavy atom. The van der Waals surface area contributed by atoms with E-state index in [0.29, 0.717) is 5.69 Å². The number of amides is 1. The van der Waals surface area contributed by atoms with Gasteiger partial charge in [-0.2, -0.15) is 0 Å². The van der Waals surface area contributed by atoms with Gasteiger partial charge in [-0.05, 0) is 30.2 Å². The first kappa shape index (κ1) is 20.9. The van der Waals surface area contributed by atoms with Crippen LogP contribution in [0.2, 0.25) is 5.02 Å². The Balaban J connectivity index is 1.86. The maximum atomic E-state index is 13.8. The maximum absolute atomic E-state index is 13.8. The first-order valence-electron chi connectivity index (χ1n) is 8.69. The third-order valence-corrected chi connectivity index (χ3v) is 5.86. The average Bonchev–Trinajstić information content (AvgIpc) is 2.70. The van der Waals surface area contributed by atoms with Gasteiger partial charge in [0.25, 0.3) is 5.91 Å². The molecule has 0 aliphatic carbocycles. The van der Waals surface area contributed by atoms with E-state index >= 15 is 0 Å². The molecule has 0 spiro atoms. The fourth-order valence-corrected chi connectivity index (χ4v) is 3.95. The molecule has 0 saturated heterocycles. The Hall–Kier alpha value is -2.84. The standard InChI is InChI=1S/C20H17ClFN3O3S/c1-2-13-7-9-15(10-8-13)24-19(26)18-16(21)11-23-20(25-18)29(27,28)12-14-5-3-4-6-17(14)22/h3-11H,2,12H2,1H3,(H,24,26). The summed E-state index contributed by atoms with van der Waals surface area (Å²) in [5, 5.41) is 1.92. The molecule has 29 heavy (non-hydrogen) atoms. The van der Waals surface area contributed by atoms with Gasteiger partial charge in [0.05, 0.1) is 17.0 Å². The predicted octanol–water partition coefficient (Wildman–Crippen LogP) is 4.06. The average molecular weight is 434 g/mol. The lowest BCUT2D eigenvalue weighted by Gasteiger charge is -2.09. The molecule has 0 fully saturated rings. The fraction of sp³-hybridized carbons (Fsp3) is 0.150. The molecule has 0 saturated carbocycles. The van der Waals surface area contributed by atoms with Crippen molar-refractivity contribution in [1.82, 2.24) is 9.97 Å². The number of rotatable bonds is 6. The van der Waals surface area contributed by atoms with Crippen LogP contribution in [0.15, 0.2) is 59.9 Å². The van der Waals surface area contributed by atoms with Crippen LogP contribution in [0.3, 0.4) is 0 Å². The first-order chi connectivity index (χ1) is 13.8. The molecule has 0 atom stereocenters. The second kappa shape index (κ2) is 8.67. The van der Waals surface area contributed by atoms with Crippen molar-refractivity contribution in [2.24, 2.45) is 0 Å². The lowest BCUT2D eigenvalue weighted by Crippen LogP contribution is -2.18. The monoisotopic (exact) mass is 433 g/mol. The van der Waals surface area contributed by atoms with Gasteiger partial charge in [-0.1, -0.05) is 48.9 Å². The van der Waals surface area contributed by atoms with Crippen LogP contribution in [0.5, 0.6) is 0 Å². The highest BCUT2D eigenvalue weighted by Gasteiger charge is 2.24. The van der Waals surface area contributed by atoms with E-state index in [-0.39, 0.29) is 16.3 Å². The molecule has 3 aromatic rings. The molecular formula is C20H17ClFN3O3S. The molecule has 0 aliphatic rings. The van der Waals surface area contributed by atoms with Crippen molar-refractivity contribution < 1.29 is 17.6 Å². The summed E-state index contributed by atoms with van der Waals surface area (Å²) in [4.78, 5) is 20.1. The van der Waals surface area contributed by atoms with Gasteiger partial charge in [0.15, 0.2) is 5.69 Å². The quantitative estimate of drug-likeness (QED) is 0.592. The summed E-state index contributed by atoms with van der Waals surface area (Å²) in [7, 11) is -4.09. The Kier molecular flexibility index (Phi) is 6.24. The van der Waals surface area contributed by atoms with Gasteiger partial charge < -0.3 is 5.32 Å². The minimum absolute atomic E-state index is 0.0203. The van der Waals surface area contributed by atoms with Crippen LogP contribution >= 0.6 is 11.6 Å². The van der Waals surface area contributed by atoms with Crippen molar-refractivity contribution in [3.63, 3.8) is 0 Å². The van der Waals surface area contributed by atoms with E-state index in [9.17, 15) is 17.6 Å². The van der Waals surface area contributed by atoms with E-state index in [1.807, 2.05) is 19.1 Å². The summed E-state index contributed by atoms with van der Waals surface area (Å²) in [6.45, 7) is 2.01. The Morgan fingerprint density at radius 1 is 1.14 bits per heavy atom. The molecule has 1 aromatic heterocycles. The van der Waals surface area contributed by atoms with E-state index in [0.717, 1.165) is 24.2 Å². The van der Waals surface area contributed by atoms with E-state index in [4.69, 9.17) is 11.6 Å². The van der Waals surface area contributed by atoms with Crippen molar-refractivity contribution in [3.05, 3.63) is 82.4 Å². The van der Waals surface area contributed by atoms with Gasteiger partial charge >= 0.3 is 0 Å². The summed E-state index contributed by atoms with van der Waals surface area (Å²) >= 11 is 6.00. The van der Waals surface area contributed by atoms with Crippen LogP contribution in [0.4, 0.5) is 10.1 Å². The summed E-state index contributed by atoms with van der Waals surface area (Å²) < 4.78 is 39.0. The minimum Gasteiger partial charge on any atom is -0.321 e. The number of nitrogens with one attached hydrogen (secondary N) is 1. The Labute approximate surface area is 172 Å². The van der Waals surface area contributed by atoms with Crippen LogP contribution in [-0.4, -0.2) is 24.3 Å². The number of carbonyl (C=O) groups excluding carboxylic acids is 1. The van der Waals surface area contributed by atoms with Crippen LogP contribution in [0, 0.1) is 5.82 Å². The van der Waals surface area contributed by atoms with Gasteiger partial charge in [-0.3, -0.25) is 4.79 Å². The zero-order chi connectivity index (χ0) is 21.0. The molecule has 1 heterocycles. The molecule has 6 nitrogen and oxygen atoms in total. The third kappa shape index (κ3) is 4.96. The number of hydrogen-bond donors (Lipinski definition) is 1. The SMILES string of the molecule is CCc1ccc(NC(=O)c2nc(S(=O)(=O)Cc3ccccc3F)ncc2Cl)cc1. The Morgan fingerprint density at radius 2 is 1.83 bits per heavy atom. The number of hydrogen-bond acceptors (Lipinski definition) is 5. The summed E-state index contributed by atoms with van der Waals surface area (Å²) in [5.41, 5.74) is 1.31. The number of halogens is 2. The lowest BCUT2D eigenvalue weighted by atomic mass is 10.1. The highest BCUT2D eigenvalue weighted by molar-refractivity contribution is 7.90. The molecule has 1 amide bonds. The van der Waals surface area contributed by atoms with E-state index in [1.54, 1.807) is 12.1 Å². The summed E-state index contributed by atoms with van der Waals surface area (Å²) in [5.74, 6) is -1.97. The highest BCUT2D eigenvalue weighted by atomic mass is 35.5. The van der Waals surface area contributed by atoms with Crippen molar-refractivity contribution >= 4 is 33.0 Å². The van der Waals surface area contributed by atoms with Gasteiger partial charge in [-0.25, -0.2) is 22.8 Å².